The minimum atomic E-state index is -6.45. The standard InChI is InChI=1S/C12H10ClF7N2O2/c1-23-8-4-6(3-7(13)9(8)24-2)5-21-22-12(19,20)10(14,15)11(16,17)18/h3-5,22H,1-2H3/b21-5+. The zero-order valence-corrected chi connectivity index (χ0v) is 12.8. The minimum Gasteiger partial charge on any atom is -0.493 e. The normalized spacial score (nSPS) is 13.2. The Kier molecular flexibility index (Phi) is 5.80. The SMILES string of the molecule is COc1cc(/C=N/NC(F)(F)C(F)(F)C(F)(F)F)cc(Cl)c1OC. The van der Waals surface area contributed by atoms with E-state index in [4.69, 9.17) is 21.1 Å². The highest BCUT2D eigenvalue weighted by Gasteiger charge is 2.73. The summed E-state index contributed by atoms with van der Waals surface area (Å²) in [6.45, 7) is 0. The summed E-state index contributed by atoms with van der Waals surface area (Å²) in [5.41, 5.74) is 0.473. The molecule has 0 amide bonds. The average molecular weight is 383 g/mol. The molecule has 0 aliphatic heterocycles. The second-order valence-electron chi connectivity index (χ2n) is 4.25. The van der Waals surface area contributed by atoms with Crippen molar-refractivity contribution in [1.29, 1.82) is 0 Å². The highest BCUT2D eigenvalue weighted by molar-refractivity contribution is 6.32. The van der Waals surface area contributed by atoms with E-state index in [1.54, 1.807) is 0 Å². The first-order valence-corrected chi connectivity index (χ1v) is 6.29. The lowest BCUT2D eigenvalue weighted by Crippen LogP contribution is -2.58. The number of ether oxygens (including phenoxy) is 2. The van der Waals surface area contributed by atoms with E-state index in [9.17, 15) is 30.7 Å². The largest absolute Gasteiger partial charge is 0.493 e. The Morgan fingerprint density at radius 2 is 1.62 bits per heavy atom. The number of hydrogen-bond acceptors (Lipinski definition) is 4. The molecule has 0 saturated heterocycles. The monoisotopic (exact) mass is 382 g/mol. The number of rotatable bonds is 6. The van der Waals surface area contributed by atoms with Crippen molar-refractivity contribution in [2.75, 3.05) is 14.2 Å². The molecule has 0 unspecified atom stereocenters. The number of nitrogens with one attached hydrogen (secondary N) is 1. The molecule has 0 aromatic heterocycles. The average Bonchev–Trinajstić information content (AvgIpc) is 2.45. The third-order valence-electron chi connectivity index (χ3n) is 2.62. The number of benzene rings is 1. The van der Waals surface area contributed by atoms with Crippen LogP contribution >= 0.6 is 11.6 Å². The van der Waals surface area contributed by atoms with Crippen LogP contribution in [0.3, 0.4) is 0 Å². The third-order valence-corrected chi connectivity index (χ3v) is 2.91. The van der Waals surface area contributed by atoms with E-state index in [0.29, 0.717) is 11.6 Å². The number of hydrazone groups is 1. The lowest BCUT2D eigenvalue weighted by molar-refractivity contribution is -0.361. The van der Waals surface area contributed by atoms with Gasteiger partial charge in [0, 0.05) is 0 Å². The topological polar surface area (TPSA) is 42.8 Å². The van der Waals surface area contributed by atoms with Crippen LogP contribution in [0.5, 0.6) is 11.5 Å². The fourth-order valence-corrected chi connectivity index (χ4v) is 1.74. The maximum atomic E-state index is 13.0. The molecule has 0 heterocycles. The Balaban J connectivity index is 3.01. The van der Waals surface area contributed by atoms with Crippen molar-refractivity contribution >= 4 is 17.8 Å². The van der Waals surface area contributed by atoms with Gasteiger partial charge in [-0.05, 0) is 17.7 Å². The Labute approximate surface area is 136 Å². The van der Waals surface area contributed by atoms with Gasteiger partial charge in [0.25, 0.3) is 0 Å². The summed E-state index contributed by atoms with van der Waals surface area (Å²) in [6.07, 6.45) is -5.89. The van der Waals surface area contributed by atoms with Crippen LogP contribution in [0, 0.1) is 0 Å². The Bertz CT molecular complexity index is 620. The van der Waals surface area contributed by atoms with Crippen LogP contribution in [0.25, 0.3) is 0 Å². The van der Waals surface area contributed by atoms with Gasteiger partial charge in [0.05, 0.1) is 25.5 Å². The van der Waals surface area contributed by atoms with E-state index in [-0.39, 0.29) is 22.1 Å². The van der Waals surface area contributed by atoms with Gasteiger partial charge in [-0.3, -0.25) is 0 Å². The van der Waals surface area contributed by atoms with E-state index in [2.05, 4.69) is 5.10 Å². The molecule has 1 aromatic rings. The summed E-state index contributed by atoms with van der Waals surface area (Å²) >= 11 is 5.81. The lowest BCUT2D eigenvalue weighted by atomic mass is 10.2. The third kappa shape index (κ3) is 3.94. The first-order valence-electron chi connectivity index (χ1n) is 5.91. The molecule has 4 nitrogen and oxygen atoms in total. The summed E-state index contributed by atoms with van der Waals surface area (Å²) in [4.78, 5) is 0. The van der Waals surface area contributed by atoms with Crippen molar-refractivity contribution in [3.05, 3.63) is 22.7 Å². The van der Waals surface area contributed by atoms with Crippen LogP contribution in [0.15, 0.2) is 17.2 Å². The van der Waals surface area contributed by atoms with Crippen molar-refractivity contribution in [3.8, 4) is 11.5 Å². The van der Waals surface area contributed by atoms with Gasteiger partial charge in [0.1, 0.15) is 0 Å². The lowest BCUT2D eigenvalue weighted by Gasteiger charge is -2.27. The van der Waals surface area contributed by atoms with Gasteiger partial charge < -0.3 is 9.47 Å². The van der Waals surface area contributed by atoms with Crippen LogP contribution in [-0.4, -0.2) is 38.6 Å². The molecule has 0 radical (unpaired) electrons. The molecule has 0 bridgehead atoms. The molecule has 1 rings (SSSR count). The molecule has 0 atom stereocenters. The van der Waals surface area contributed by atoms with E-state index in [1.807, 2.05) is 0 Å². The van der Waals surface area contributed by atoms with E-state index >= 15 is 0 Å². The highest BCUT2D eigenvalue weighted by atomic mass is 35.5. The molecule has 1 N–H and O–H groups in total. The molecular formula is C12H10ClF7N2O2. The van der Waals surface area contributed by atoms with Gasteiger partial charge in [-0.2, -0.15) is 35.8 Å². The molecular weight excluding hydrogens is 373 g/mol. The Morgan fingerprint density at radius 1 is 1.04 bits per heavy atom. The minimum absolute atomic E-state index is 0.0173. The van der Waals surface area contributed by atoms with Gasteiger partial charge >= 0.3 is 18.1 Å². The Hall–Kier alpha value is -1.91. The van der Waals surface area contributed by atoms with Gasteiger partial charge in [-0.1, -0.05) is 11.6 Å². The molecule has 0 aliphatic carbocycles. The quantitative estimate of drug-likeness (QED) is 0.349. The number of halogens is 8. The van der Waals surface area contributed by atoms with Gasteiger partial charge in [0.15, 0.2) is 11.5 Å². The number of alkyl halides is 7. The summed E-state index contributed by atoms with van der Waals surface area (Å²) in [5, 5.41) is 2.68. The van der Waals surface area contributed by atoms with Crippen molar-refractivity contribution in [2.24, 2.45) is 5.10 Å². The van der Waals surface area contributed by atoms with Crippen molar-refractivity contribution in [1.82, 2.24) is 5.43 Å². The first kappa shape index (κ1) is 20.1. The van der Waals surface area contributed by atoms with Crippen LogP contribution in [0.4, 0.5) is 30.7 Å². The number of methoxy groups -OCH3 is 2. The Morgan fingerprint density at radius 3 is 2.08 bits per heavy atom. The van der Waals surface area contributed by atoms with E-state index in [1.165, 1.54) is 20.3 Å². The molecule has 0 aliphatic rings. The maximum Gasteiger partial charge on any atom is 0.462 e. The summed E-state index contributed by atoms with van der Waals surface area (Å²) in [5.74, 6) is -6.14. The smallest absolute Gasteiger partial charge is 0.462 e. The predicted octanol–water partition coefficient (Wildman–Crippen LogP) is 4.07. The molecule has 24 heavy (non-hydrogen) atoms. The fourth-order valence-electron chi connectivity index (χ4n) is 1.45. The second-order valence-corrected chi connectivity index (χ2v) is 4.66. The summed E-state index contributed by atoms with van der Waals surface area (Å²) in [7, 11) is 2.52. The number of nitrogens with zero attached hydrogens (tertiary/aromatic N) is 1. The zero-order chi connectivity index (χ0) is 18.8. The molecule has 0 fully saturated rings. The van der Waals surface area contributed by atoms with Gasteiger partial charge in [-0.15, -0.1) is 0 Å². The predicted molar refractivity (Wildman–Crippen MR) is 71.2 cm³/mol. The maximum absolute atomic E-state index is 13.0. The van der Waals surface area contributed by atoms with Crippen molar-refractivity contribution < 1.29 is 40.2 Å². The van der Waals surface area contributed by atoms with Gasteiger partial charge in [0.2, 0.25) is 0 Å². The van der Waals surface area contributed by atoms with Crippen LogP contribution in [0.1, 0.15) is 5.56 Å². The molecule has 136 valence electrons. The van der Waals surface area contributed by atoms with Crippen LogP contribution in [0.2, 0.25) is 5.02 Å². The van der Waals surface area contributed by atoms with Crippen LogP contribution < -0.4 is 14.9 Å². The first-order chi connectivity index (χ1) is 10.9. The van der Waals surface area contributed by atoms with Crippen LogP contribution in [-0.2, 0) is 0 Å². The molecule has 0 spiro atoms. The van der Waals surface area contributed by atoms with Crippen molar-refractivity contribution in [2.45, 2.75) is 18.1 Å². The van der Waals surface area contributed by atoms with E-state index < -0.39 is 18.1 Å². The molecule has 12 heteroatoms. The van der Waals surface area contributed by atoms with Gasteiger partial charge in [-0.25, -0.2) is 5.43 Å². The van der Waals surface area contributed by atoms with E-state index in [0.717, 1.165) is 6.07 Å². The number of hydrogen-bond donors (Lipinski definition) is 1. The second kappa shape index (κ2) is 6.91. The summed E-state index contributed by atoms with van der Waals surface area (Å²) < 4.78 is 96.9. The molecule has 0 saturated carbocycles. The zero-order valence-electron chi connectivity index (χ0n) is 12.0. The molecule has 1 aromatic carbocycles. The van der Waals surface area contributed by atoms with Crippen molar-refractivity contribution in [3.63, 3.8) is 0 Å². The summed E-state index contributed by atoms with van der Waals surface area (Å²) in [6, 6.07) is -3.31. The fraction of sp³-hybridized carbons (Fsp3) is 0.417. The highest BCUT2D eigenvalue weighted by Crippen LogP contribution is 2.45.